The first-order valence-corrected chi connectivity index (χ1v) is 8.73. The molecule has 1 aliphatic rings. The molecule has 2 aromatic carbocycles. The summed E-state index contributed by atoms with van der Waals surface area (Å²) in [5, 5.41) is 0. The molecule has 0 radical (unpaired) electrons. The van der Waals surface area contributed by atoms with Gasteiger partial charge in [-0.05, 0) is 31.7 Å². The maximum atomic E-state index is 12.8. The highest BCUT2D eigenvalue weighted by Crippen LogP contribution is 2.33. The predicted molar refractivity (Wildman–Crippen MR) is 95.7 cm³/mol. The molecule has 0 heterocycles. The summed E-state index contributed by atoms with van der Waals surface area (Å²) in [6.07, 6.45) is 3.52. The van der Waals surface area contributed by atoms with Gasteiger partial charge in [0.1, 0.15) is 5.75 Å². The van der Waals surface area contributed by atoms with E-state index in [1.807, 2.05) is 0 Å². The summed E-state index contributed by atoms with van der Waals surface area (Å²) >= 11 is 0. The number of unbranched alkanes of at least 4 members (excludes halogenated alkanes) is 3. The van der Waals surface area contributed by atoms with Gasteiger partial charge in [0, 0.05) is 16.7 Å². The molecule has 0 atom stereocenters. The molecule has 0 amide bonds. The van der Waals surface area contributed by atoms with Gasteiger partial charge < -0.3 is 9.47 Å². The number of carbonyl (C=O) groups excluding carboxylic acids is 3. The molecule has 3 rings (SSSR count). The Morgan fingerprint density at radius 3 is 2.12 bits per heavy atom. The van der Waals surface area contributed by atoms with E-state index in [0.717, 1.165) is 25.7 Å². The Morgan fingerprint density at radius 2 is 1.38 bits per heavy atom. The van der Waals surface area contributed by atoms with Crippen LogP contribution in [0.2, 0.25) is 0 Å². The average molecular weight is 352 g/mol. The Hall–Kier alpha value is -2.95. The van der Waals surface area contributed by atoms with Crippen molar-refractivity contribution in [2.75, 3.05) is 13.2 Å². The van der Waals surface area contributed by atoms with Crippen LogP contribution >= 0.6 is 0 Å². The highest BCUT2D eigenvalue weighted by molar-refractivity contribution is 6.29. The second kappa shape index (κ2) is 8.43. The zero-order chi connectivity index (χ0) is 18.4. The highest BCUT2D eigenvalue weighted by Gasteiger charge is 2.31. The molecular formula is C21H20O5. The summed E-state index contributed by atoms with van der Waals surface area (Å²) in [6, 6.07) is 12.0. The first kappa shape index (κ1) is 17.9. The zero-order valence-electron chi connectivity index (χ0n) is 14.4. The quantitative estimate of drug-likeness (QED) is 0.435. The Morgan fingerprint density at radius 1 is 0.731 bits per heavy atom. The Kier molecular flexibility index (Phi) is 5.79. The third-order valence-electron chi connectivity index (χ3n) is 4.40. The normalized spacial score (nSPS) is 12.3. The fourth-order valence-electron chi connectivity index (χ4n) is 3.10. The maximum Gasteiger partial charge on any atom is 0.293 e. The number of benzene rings is 2. The average Bonchev–Trinajstić information content (AvgIpc) is 2.68. The fraction of sp³-hybridized carbons (Fsp3) is 0.286. The number of rotatable bonds is 9. The van der Waals surface area contributed by atoms with Gasteiger partial charge in [-0.1, -0.05) is 36.4 Å². The van der Waals surface area contributed by atoms with Gasteiger partial charge in [0.2, 0.25) is 0 Å². The molecule has 0 aliphatic heterocycles. The summed E-state index contributed by atoms with van der Waals surface area (Å²) in [4.78, 5) is 35.5. The van der Waals surface area contributed by atoms with E-state index < -0.39 is 0 Å². The standard InChI is InChI=1S/C21H20O5/c22-14-25-12-5-1-2-6-13-26-18-11-7-10-17-19(18)21(24)16-9-4-3-8-15(16)20(17)23/h3-4,7-11,14H,1-2,5-6,12-13H2. The third-order valence-corrected chi connectivity index (χ3v) is 4.40. The van der Waals surface area contributed by atoms with E-state index in [0.29, 0.717) is 47.7 Å². The Balaban J connectivity index is 1.65. The minimum atomic E-state index is -0.170. The molecular weight excluding hydrogens is 332 g/mol. The van der Waals surface area contributed by atoms with Crippen LogP contribution in [-0.2, 0) is 9.53 Å². The SMILES string of the molecule is O=COCCCCCCOc1cccc2c1C(=O)c1ccccc1C2=O. The van der Waals surface area contributed by atoms with Crippen LogP contribution in [0.25, 0.3) is 0 Å². The molecule has 0 bridgehead atoms. The van der Waals surface area contributed by atoms with E-state index >= 15 is 0 Å². The van der Waals surface area contributed by atoms with Crippen molar-refractivity contribution in [2.24, 2.45) is 0 Å². The molecule has 0 saturated heterocycles. The van der Waals surface area contributed by atoms with Crippen molar-refractivity contribution in [2.45, 2.75) is 25.7 Å². The second-order valence-corrected chi connectivity index (χ2v) is 6.11. The molecule has 0 fully saturated rings. The topological polar surface area (TPSA) is 69.7 Å². The molecule has 134 valence electrons. The Labute approximate surface area is 151 Å². The summed E-state index contributed by atoms with van der Waals surface area (Å²) in [5.74, 6) is 0.146. The maximum absolute atomic E-state index is 12.8. The molecule has 0 unspecified atom stereocenters. The van der Waals surface area contributed by atoms with E-state index in [-0.39, 0.29) is 11.6 Å². The molecule has 0 aromatic heterocycles. The molecule has 2 aromatic rings. The van der Waals surface area contributed by atoms with Crippen LogP contribution < -0.4 is 4.74 Å². The lowest BCUT2D eigenvalue weighted by Crippen LogP contribution is -2.21. The van der Waals surface area contributed by atoms with Crippen LogP contribution in [0.4, 0.5) is 0 Å². The van der Waals surface area contributed by atoms with Crippen LogP contribution in [0.15, 0.2) is 42.5 Å². The lowest BCUT2D eigenvalue weighted by Gasteiger charge is -2.20. The molecule has 26 heavy (non-hydrogen) atoms. The predicted octanol–water partition coefficient (Wildman–Crippen LogP) is 3.57. The van der Waals surface area contributed by atoms with Gasteiger partial charge in [0.15, 0.2) is 11.6 Å². The van der Waals surface area contributed by atoms with Gasteiger partial charge in [0.25, 0.3) is 6.47 Å². The van der Waals surface area contributed by atoms with Crippen LogP contribution in [0.5, 0.6) is 5.75 Å². The highest BCUT2D eigenvalue weighted by atomic mass is 16.5. The van der Waals surface area contributed by atoms with Crippen molar-refractivity contribution < 1.29 is 23.9 Å². The molecule has 0 N–H and O–H groups in total. The molecule has 5 nitrogen and oxygen atoms in total. The van der Waals surface area contributed by atoms with Crippen molar-refractivity contribution in [1.29, 1.82) is 0 Å². The van der Waals surface area contributed by atoms with Gasteiger partial charge in [-0.2, -0.15) is 0 Å². The largest absolute Gasteiger partial charge is 0.493 e. The second-order valence-electron chi connectivity index (χ2n) is 6.11. The van der Waals surface area contributed by atoms with Crippen LogP contribution in [0.1, 0.15) is 57.5 Å². The zero-order valence-corrected chi connectivity index (χ0v) is 14.4. The number of hydrogen-bond donors (Lipinski definition) is 0. The minimum absolute atomic E-state index is 0.143. The van der Waals surface area contributed by atoms with E-state index in [9.17, 15) is 14.4 Å². The van der Waals surface area contributed by atoms with Gasteiger partial charge >= 0.3 is 0 Å². The molecule has 1 aliphatic carbocycles. The van der Waals surface area contributed by atoms with E-state index in [4.69, 9.17) is 4.74 Å². The van der Waals surface area contributed by atoms with Crippen LogP contribution in [0, 0.1) is 0 Å². The number of ketones is 2. The van der Waals surface area contributed by atoms with Gasteiger partial charge in [-0.15, -0.1) is 0 Å². The monoisotopic (exact) mass is 352 g/mol. The van der Waals surface area contributed by atoms with E-state index in [1.165, 1.54) is 0 Å². The first-order chi connectivity index (χ1) is 12.7. The van der Waals surface area contributed by atoms with Crippen LogP contribution in [-0.4, -0.2) is 31.3 Å². The lowest BCUT2D eigenvalue weighted by atomic mass is 9.83. The van der Waals surface area contributed by atoms with Gasteiger partial charge in [-0.25, -0.2) is 0 Å². The number of carbonyl (C=O) groups is 3. The third kappa shape index (κ3) is 3.67. The van der Waals surface area contributed by atoms with Crippen molar-refractivity contribution in [3.63, 3.8) is 0 Å². The molecule has 0 spiro atoms. The van der Waals surface area contributed by atoms with Crippen molar-refractivity contribution >= 4 is 18.0 Å². The fourth-order valence-corrected chi connectivity index (χ4v) is 3.10. The lowest BCUT2D eigenvalue weighted by molar-refractivity contribution is -0.128. The van der Waals surface area contributed by atoms with Crippen molar-refractivity contribution in [3.05, 3.63) is 64.7 Å². The van der Waals surface area contributed by atoms with Crippen LogP contribution in [0.3, 0.4) is 0 Å². The molecule has 0 saturated carbocycles. The summed E-state index contributed by atoms with van der Waals surface area (Å²) < 4.78 is 10.4. The van der Waals surface area contributed by atoms with Crippen molar-refractivity contribution in [1.82, 2.24) is 0 Å². The minimum Gasteiger partial charge on any atom is -0.493 e. The molecule has 5 heteroatoms. The van der Waals surface area contributed by atoms with Gasteiger partial charge in [-0.3, -0.25) is 14.4 Å². The Bertz CT molecular complexity index is 825. The first-order valence-electron chi connectivity index (χ1n) is 8.73. The number of hydrogen-bond acceptors (Lipinski definition) is 5. The van der Waals surface area contributed by atoms with Gasteiger partial charge in [0.05, 0.1) is 18.8 Å². The van der Waals surface area contributed by atoms with Crippen molar-refractivity contribution in [3.8, 4) is 5.75 Å². The van der Waals surface area contributed by atoms with E-state index in [1.54, 1.807) is 42.5 Å². The summed E-state index contributed by atoms with van der Waals surface area (Å²) in [7, 11) is 0. The summed E-state index contributed by atoms with van der Waals surface area (Å²) in [5.41, 5.74) is 1.63. The summed E-state index contributed by atoms with van der Waals surface area (Å²) in [6.45, 7) is 1.36. The number of fused-ring (bicyclic) bond motifs is 2. The number of ether oxygens (including phenoxy) is 2. The van der Waals surface area contributed by atoms with E-state index in [2.05, 4.69) is 4.74 Å². The smallest absolute Gasteiger partial charge is 0.293 e.